The van der Waals surface area contributed by atoms with Crippen molar-refractivity contribution in [2.75, 3.05) is 18.0 Å². The largest absolute Gasteiger partial charge is 0.356 e. The lowest BCUT2D eigenvalue weighted by atomic mass is 10.1. The van der Waals surface area contributed by atoms with Crippen LogP contribution in [0, 0.1) is 6.92 Å². The summed E-state index contributed by atoms with van der Waals surface area (Å²) in [6.07, 6.45) is 2.30. The lowest BCUT2D eigenvalue weighted by Gasteiger charge is -2.23. The van der Waals surface area contributed by atoms with E-state index >= 15 is 0 Å². The molecule has 1 rings (SSSR count). The number of halogens is 1. The van der Waals surface area contributed by atoms with Crippen molar-refractivity contribution in [3.05, 3.63) is 28.8 Å². The van der Waals surface area contributed by atoms with Crippen LogP contribution >= 0.6 is 11.6 Å². The van der Waals surface area contributed by atoms with Gasteiger partial charge in [-0.15, -0.1) is 0 Å². The number of carbonyl (C=O) groups is 2. The molecule has 0 aromatic heterocycles. The van der Waals surface area contributed by atoms with Crippen LogP contribution in [-0.4, -0.2) is 24.9 Å². The lowest BCUT2D eigenvalue weighted by Crippen LogP contribution is -2.34. The Bertz CT molecular complexity index is 503. The average molecular weight is 311 g/mol. The Balaban J connectivity index is 2.69. The maximum absolute atomic E-state index is 11.8. The second-order valence-electron chi connectivity index (χ2n) is 5.01. The molecular formula is C16H23ClN2O2. The second-order valence-corrected chi connectivity index (χ2v) is 5.42. The van der Waals surface area contributed by atoms with E-state index in [1.807, 2.05) is 19.1 Å². The topological polar surface area (TPSA) is 49.4 Å². The highest BCUT2D eigenvalue weighted by atomic mass is 35.5. The average Bonchev–Trinajstić information content (AvgIpc) is 2.43. The van der Waals surface area contributed by atoms with E-state index in [4.69, 9.17) is 11.6 Å². The fourth-order valence-electron chi connectivity index (χ4n) is 2.04. The number of rotatable bonds is 7. The summed E-state index contributed by atoms with van der Waals surface area (Å²) in [6.45, 7) is 6.48. The van der Waals surface area contributed by atoms with Gasteiger partial charge < -0.3 is 10.2 Å². The predicted molar refractivity (Wildman–Crippen MR) is 86.8 cm³/mol. The molecule has 0 unspecified atom stereocenters. The smallest absolute Gasteiger partial charge is 0.223 e. The molecule has 0 spiro atoms. The molecule has 5 heteroatoms. The molecule has 0 radical (unpaired) electrons. The van der Waals surface area contributed by atoms with Crippen LogP contribution in [0.2, 0.25) is 5.02 Å². The zero-order chi connectivity index (χ0) is 15.8. The van der Waals surface area contributed by atoms with Crippen LogP contribution in [0.1, 0.15) is 38.7 Å². The van der Waals surface area contributed by atoms with Crippen LogP contribution in [0.4, 0.5) is 5.69 Å². The Kier molecular flexibility index (Phi) is 7.23. The summed E-state index contributed by atoms with van der Waals surface area (Å²) in [5.74, 6) is -0.129. The van der Waals surface area contributed by atoms with Crippen molar-refractivity contribution >= 4 is 29.1 Å². The number of nitrogens with zero attached hydrogens (tertiary/aromatic N) is 1. The molecule has 0 aliphatic heterocycles. The molecule has 0 aliphatic rings. The molecule has 0 fully saturated rings. The number of anilines is 1. The summed E-state index contributed by atoms with van der Waals surface area (Å²) in [6, 6.07) is 5.44. The molecule has 1 aromatic rings. The molecule has 0 atom stereocenters. The fraction of sp³-hybridized carbons (Fsp3) is 0.500. The van der Waals surface area contributed by atoms with Crippen molar-refractivity contribution in [3.63, 3.8) is 0 Å². The van der Waals surface area contributed by atoms with Gasteiger partial charge in [0.15, 0.2) is 0 Å². The molecule has 2 amide bonds. The molecule has 4 nitrogen and oxygen atoms in total. The van der Waals surface area contributed by atoms with Gasteiger partial charge in [-0.1, -0.05) is 31.0 Å². The maximum atomic E-state index is 11.8. The first-order valence-electron chi connectivity index (χ1n) is 7.27. The first-order valence-corrected chi connectivity index (χ1v) is 7.65. The highest BCUT2D eigenvalue weighted by Gasteiger charge is 2.16. The van der Waals surface area contributed by atoms with Gasteiger partial charge in [0.05, 0.1) is 0 Å². The van der Waals surface area contributed by atoms with Gasteiger partial charge in [0.2, 0.25) is 11.8 Å². The molecule has 0 saturated carbocycles. The summed E-state index contributed by atoms with van der Waals surface area (Å²) in [4.78, 5) is 25.2. The van der Waals surface area contributed by atoms with Gasteiger partial charge in [0.1, 0.15) is 0 Å². The first-order chi connectivity index (χ1) is 9.97. The van der Waals surface area contributed by atoms with Gasteiger partial charge in [0, 0.05) is 37.1 Å². The molecule has 0 heterocycles. The molecule has 0 bridgehead atoms. The van der Waals surface area contributed by atoms with Crippen LogP contribution < -0.4 is 10.2 Å². The number of amides is 2. The van der Waals surface area contributed by atoms with Crippen LogP contribution in [0.25, 0.3) is 0 Å². The maximum Gasteiger partial charge on any atom is 0.223 e. The summed E-state index contributed by atoms with van der Waals surface area (Å²) in [5, 5.41) is 3.47. The monoisotopic (exact) mass is 310 g/mol. The second kappa shape index (κ2) is 8.67. The van der Waals surface area contributed by atoms with Gasteiger partial charge in [-0.05, 0) is 31.0 Å². The van der Waals surface area contributed by atoms with E-state index in [9.17, 15) is 9.59 Å². The minimum absolute atomic E-state index is 0.0330. The quantitative estimate of drug-likeness (QED) is 0.786. The number of nitrogens with one attached hydrogen (secondary N) is 1. The predicted octanol–water partition coefficient (Wildman–Crippen LogP) is 3.31. The number of carbonyl (C=O) groups excluding carboxylic acids is 2. The van der Waals surface area contributed by atoms with Crippen molar-refractivity contribution in [1.82, 2.24) is 5.32 Å². The molecular weight excluding hydrogens is 288 g/mol. The summed E-state index contributed by atoms with van der Waals surface area (Å²) in [7, 11) is 0. The zero-order valence-electron chi connectivity index (χ0n) is 12.9. The van der Waals surface area contributed by atoms with E-state index < -0.39 is 0 Å². The normalized spacial score (nSPS) is 10.3. The molecule has 1 aromatic carbocycles. The third kappa shape index (κ3) is 5.38. The van der Waals surface area contributed by atoms with E-state index in [2.05, 4.69) is 12.2 Å². The summed E-state index contributed by atoms with van der Waals surface area (Å²) in [5.41, 5.74) is 1.61. The van der Waals surface area contributed by atoms with E-state index in [0.29, 0.717) is 18.1 Å². The van der Waals surface area contributed by atoms with Crippen molar-refractivity contribution < 1.29 is 9.59 Å². The minimum Gasteiger partial charge on any atom is -0.356 e. The zero-order valence-corrected chi connectivity index (χ0v) is 13.7. The third-order valence-electron chi connectivity index (χ3n) is 3.32. The van der Waals surface area contributed by atoms with E-state index in [1.165, 1.54) is 6.92 Å². The van der Waals surface area contributed by atoms with E-state index in [0.717, 1.165) is 24.1 Å². The van der Waals surface area contributed by atoms with Crippen molar-refractivity contribution in [1.29, 1.82) is 0 Å². The Labute approximate surface area is 131 Å². The number of benzene rings is 1. The van der Waals surface area contributed by atoms with Gasteiger partial charge in [-0.25, -0.2) is 0 Å². The van der Waals surface area contributed by atoms with Crippen molar-refractivity contribution in [3.8, 4) is 0 Å². The van der Waals surface area contributed by atoms with Crippen molar-refractivity contribution in [2.45, 2.75) is 40.0 Å². The van der Waals surface area contributed by atoms with Gasteiger partial charge in [-0.2, -0.15) is 0 Å². The van der Waals surface area contributed by atoms with Crippen LogP contribution in [0.5, 0.6) is 0 Å². The van der Waals surface area contributed by atoms with Crippen LogP contribution in [0.15, 0.2) is 18.2 Å². The molecule has 1 N–H and O–H groups in total. The summed E-state index contributed by atoms with van der Waals surface area (Å²) >= 11 is 6.09. The SMILES string of the molecule is CCCCNC(=O)CCN(C(C)=O)c1cccc(Cl)c1C. The van der Waals surface area contributed by atoms with Crippen LogP contribution in [0.3, 0.4) is 0 Å². The Morgan fingerprint density at radius 1 is 1.33 bits per heavy atom. The molecule has 21 heavy (non-hydrogen) atoms. The number of hydrogen-bond donors (Lipinski definition) is 1. The Morgan fingerprint density at radius 2 is 2.05 bits per heavy atom. The molecule has 116 valence electrons. The van der Waals surface area contributed by atoms with E-state index in [-0.39, 0.29) is 18.2 Å². The third-order valence-corrected chi connectivity index (χ3v) is 3.73. The highest BCUT2D eigenvalue weighted by Crippen LogP contribution is 2.26. The first kappa shape index (κ1) is 17.5. The lowest BCUT2D eigenvalue weighted by molar-refractivity contribution is -0.121. The number of hydrogen-bond acceptors (Lipinski definition) is 2. The Morgan fingerprint density at radius 3 is 2.67 bits per heavy atom. The Hall–Kier alpha value is -1.55. The van der Waals surface area contributed by atoms with Gasteiger partial charge >= 0.3 is 0 Å². The molecule has 0 saturated heterocycles. The number of unbranched alkanes of at least 4 members (excludes halogenated alkanes) is 1. The minimum atomic E-state index is -0.0956. The van der Waals surface area contributed by atoms with Crippen molar-refractivity contribution in [2.24, 2.45) is 0 Å². The highest BCUT2D eigenvalue weighted by molar-refractivity contribution is 6.31. The fourth-order valence-corrected chi connectivity index (χ4v) is 2.21. The van der Waals surface area contributed by atoms with Crippen LogP contribution in [-0.2, 0) is 9.59 Å². The van der Waals surface area contributed by atoms with E-state index in [1.54, 1.807) is 11.0 Å². The molecule has 0 aliphatic carbocycles. The van der Waals surface area contributed by atoms with Gasteiger partial charge in [0.25, 0.3) is 0 Å². The standard InChI is InChI=1S/C16H23ClN2O2/c1-4-5-10-18-16(21)9-11-19(13(3)20)15-8-6-7-14(17)12(15)2/h6-8H,4-5,9-11H2,1-3H3,(H,18,21). The van der Waals surface area contributed by atoms with Gasteiger partial charge in [-0.3, -0.25) is 9.59 Å². The summed E-state index contributed by atoms with van der Waals surface area (Å²) < 4.78 is 0.